The molecule has 0 aliphatic rings. The molecule has 0 bridgehead atoms. The van der Waals surface area contributed by atoms with Crippen LogP contribution in [0.2, 0.25) is 0 Å². The van der Waals surface area contributed by atoms with Crippen LogP contribution in [0.3, 0.4) is 0 Å². The predicted octanol–water partition coefficient (Wildman–Crippen LogP) is 1.15. The number of rotatable bonds is 3. The highest BCUT2D eigenvalue weighted by Crippen LogP contribution is 2.18. The lowest BCUT2D eigenvalue weighted by Crippen LogP contribution is -2.06. The summed E-state index contributed by atoms with van der Waals surface area (Å²) in [4.78, 5) is 11.3. The second-order valence-electron chi connectivity index (χ2n) is 2.72. The van der Waals surface area contributed by atoms with Crippen LogP contribution in [0.4, 0.5) is 0 Å². The highest BCUT2D eigenvalue weighted by Gasteiger charge is 2.10. The minimum Gasteiger partial charge on any atom is -0.497 e. The number of hydrogen-bond donors (Lipinski definition) is 0. The molecule has 0 unspecified atom stereocenters. The molecule has 0 fully saturated rings. The van der Waals surface area contributed by atoms with Crippen LogP contribution in [0.5, 0.6) is 5.75 Å². The summed E-state index contributed by atoms with van der Waals surface area (Å²) < 4.78 is 9.63. The first-order valence-electron chi connectivity index (χ1n) is 4.18. The molecule has 2 radical (unpaired) electrons. The van der Waals surface area contributed by atoms with Crippen LogP contribution in [-0.2, 0) is 11.1 Å². The van der Waals surface area contributed by atoms with Gasteiger partial charge in [-0.1, -0.05) is 6.32 Å². The van der Waals surface area contributed by atoms with Gasteiger partial charge >= 0.3 is 5.97 Å². The van der Waals surface area contributed by atoms with Crippen molar-refractivity contribution >= 4 is 13.8 Å². The zero-order valence-corrected chi connectivity index (χ0v) is 8.24. The second kappa shape index (κ2) is 4.70. The molecule has 0 atom stereocenters. The quantitative estimate of drug-likeness (QED) is 0.529. The lowest BCUT2D eigenvalue weighted by atomic mass is 9.93. The Hall–Kier alpha value is -1.45. The fourth-order valence-corrected chi connectivity index (χ4v) is 1.18. The van der Waals surface area contributed by atoms with Crippen molar-refractivity contribution in [3.63, 3.8) is 0 Å². The minimum absolute atomic E-state index is 0.279. The van der Waals surface area contributed by atoms with Gasteiger partial charge in [0.1, 0.15) is 5.75 Å². The summed E-state index contributed by atoms with van der Waals surface area (Å²) in [5.41, 5.74) is 1.20. The first-order chi connectivity index (χ1) is 6.72. The van der Waals surface area contributed by atoms with Gasteiger partial charge in [-0.2, -0.15) is 0 Å². The van der Waals surface area contributed by atoms with E-state index in [1.54, 1.807) is 25.3 Å². The Kier molecular flexibility index (Phi) is 3.57. The molecule has 0 aliphatic heterocycles. The third-order valence-electron chi connectivity index (χ3n) is 1.94. The second-order valence-corrected chi connectivity index (χ2v) is 2.72. The van der Waals surface area contributed by atoms with E-state index in [9.17, 15) is 4.79 Å². The standard InChI is InChI=1S/C10H11BO3/c1-13-8-3-4-9(10(12)14-2)7(5-8)6-11/h3-5H,6H2,1-2H3. The van der Waals surface area contributed by atoms with E-state index < -0.39 is 0 Å². The van der Waals surface area contributed by atoms with Crippen molar-refractivity contribution in [2.24, 2.45) is 0 Å². The topological polar surface area (TPSA) is 35.5 Å². The van der Waals surface area contributed by atoms with Crippen LogP contribution < -0.4 is 4.74 Å². The van der Waals surface area contributed by atoms with Crippen molar-refractivity contribution in [2.75, 3.05) is 14.2 Å². The molecular weight excluding hydrogens is 179 g/mol. The average Bonchev–Trinajstić information content (AvgIpc) is 2.27. The van der Waals surface area contributed by atoms with Crippen molar-refractivity contribution in [3.8, 4) is 5.75 Å². The van der Waals surface area contributed by atoms with Gasteiger partial charge < -0.3 is 9.47 Å². The molecule has 4 heteroatoms. The number of ether oxygens (including phenoxy) is 2. The molecule has 1 aromatic rings. The molecule has 1 aromatic carbocycles. The van der Waals surface area contributed by atoms with Crippen LogP contribution in [0.25, 0.3) is 0 Å². The molecule has 14 heavy (non-hydrogen) atoms. The van der Waals surface area contributed by atoms with Crippen molar-refractivity contribution in [1.29, 1.82) is 0 Å². The van der Waals surface area contributed by atoms with E-state index in [-0.39, 0.29) is 12.3 Å². The Morgan fingerprint density at radius 1 is 1.43 bits per heavy atom. The van der Waals surface area contributed by atoms with Gasteiger partial charge in [0.25, 0.3) is 0 Å². The summed E-state index contributed by atoms with van der Waals surface area (Å²) in [6.45, 7) is 0. The van der Waals surface area contributed by atoms with Crippen LogP contribution in [0.15, 0.2) is 18.2 Å². The van der Waals surface area contributed by atoms with Crippen LogP contribution in [-0.4, -0.2) is 28.0 Å². The van der Waals surface area contributed by atoms with Gasteiger partial charge in [0, 0.05) is 0 Å². The molecule has 0 heterocycles. The van der Waals surface area contributed by atoms with Gasteiger partial charge in [-0.25, -0.2) is 4.79 Å². The first kappa shape index (κ1) is 10.6. The number of hydrogen-bond acceptors (Lipinski definition) is 3. The summed E-state index contributed by atoms with van der Waals surface area (Å²) in [5.74, 6) is 0.297. The number of esters is 1. The van der Waals surface area contributed by atoms with E-state index in [1.165, 1.54) is 7.11 Å². The van der Waals surface area contributed by atoms with Gasteiger partial charge in [0.2, 0.25) is 0 Å². The first-order valence-corrected chi connectivity index (χ1v) is 4.18. The Labute approximate surface area is 84.4 Å². The molecule has 1 rings (SSSR count). The Bertz CT molecular complexity index is 336. The lowest BCUT2D eigenvalue weighted by Gasteiger charge is -2.07. The zero-order chi connectivity index (χ0) is 10.6. The Morgan fingerprint density at radius 3 is 2.64 bits per heavy atom. The fraction of sp³-hybridized carbons (Fsp3) is 0.300. The summed E-state index contributed by atoms with van der Waals surface area (Å²) in [6.07, 6.45) is 0.279. The predicted molar refractivity (Wildman–Crippen MR) is 53.8 cm³/mol. The number of carbonyl (C=O) groups excluding carboxylic acids is 1. The minimum atomic E-state index is -0.381. The van der Waals surface area contributed by atoms with Gasteiger partial charge in [-0.3, -0.25) is 0 Å². The molecule has 72 valence electrons. The number of carbonyl (C=O) groups is 1. The zero-order valence-electron chi connectivity index (χ0n) is 8.24. The number of methoxy groups -OCH3 is 2. The van der Waals surface area contributed by atoms with Crippen molar-refractivity contribution in [3.05, 3.63) is 29.3 Å². The maximum atomic E-state index is 11.3. The van der Waals surface area contributed by atoms with Crippen LogP contribution in [0, 0.1) is 0 Å². The van der Waals surface area contributed by atoms with Crippen LogP contribution >= 0.6 is 0 Å². The summed E-state index contributed by atoms with van der Waals surface area (Å²) in [7, 11) is 8.41. The van der Waals surface area contributed by atoms with E-state index in [1.807, 2.05) is 0 Å². The fourth-order valence-electron chi connectivity index (χ4n) is 1.18. The van der Waals surface area contributed by atoms with E-state index in [0.717, 1.165) is 5.56 Å². The monoisotopic (exact) mass is 190 g/mol. The van der Waals surface area contributed by atoms with Gasteiger partial charge in [0.15, 0.2) is 0 Å². The largest absolute Gasteiger partial charge is 0.497 e. The van der Waals surface area contributed by atoms with Gasteiger partial charge in [-0.05, 0) is 23.8 Å². The smallest absolute Gasteiger partial charge is 0.338 e. The molecule has 0 amide bonds. The molecule has 0 spiro atoms. The highest BCUT2D eigenvalue weighted by atomic mass is 16.5. The molecule has 0 N–H and O–H groups in total. The van der Waals surface area contributed by atoms with E-state index in [4.69, 9.17) is 12.6 Å². The molecule has 0 saturated carbocycles. The molecule has 3 nitrogen and oxygen atoms in total. The Morgan fingerprint density at radius 2 is 2.14 bits per heavy atom. The molecular formula is C10H11BO3. The van der Waals surface area contributed by atoms with E-state index >= 15 is 0 Å². The molecule has 0 saturated heterocycles. The van der Waals surface area contributed by atoms with Gasteiger partial charge in [-0.15, -0.1) is 0 Å². The Balaban J connectivity index is 3.11. The third-order valence-corrected chi connectivity index (χ3v) is 1.94. The molecule has 0 aliphatic carbocycles. The summed E-state index contributed by atoms with van der Waals surface area (Å²) >= 11 is 0. The van der Waals surface area contributed by atoms with E-state index in [0.29, 0.717) is 11.3 Å². The highest BCUT2D eigenvalue weighted by molar-refractivity contribution is 6.09. The maximum absolute atomic E-state index is 11.3. The van der Waals surface area contributed by atoms with Crippen molar-refractivity contribution < 1.29 is 14.3 Å². The van der Waals surface area contributed by atoms with Crippen LogP contribution in [0.1, 0.15) is 15.9 Å². The summed E-state index contributed by atoms with van der Waals surface area (Å²) in [6, 6.07) is 5.07. The van der Waals surface area contributed by atoms with Gasteiger partial charge in [0.05, 0.1) is 27.6 Å². The SMILES string of the molecule is [B]Cc1cc(OC)ccc1C(=O)OC. The average molecular weight is 190 g/mol. The maximum Gasteiger partial charge on any atom is 0.338 e. The lowest BCUT2D eigenvalue weighted by molar-refractivity contribution is 0.0600. The normalized spacial score (nSPS) is 9.57. The van der Waals surface area contributed by atoms with Crippen molar-refractivity contribution in [1.82, 2.24) is 0 Å². The van der Waals surface area contributed by atoms with Crippen molar-refractivity contribution in [2.45, 2.75) is 6.32 Å². The van der Waals surface area contributed by atoms with E-state index in [2.05, 4.69) is 4.74 Å². The third kappa shape index (κ3) is 2.07. The molecule has 0 aromatic heterocycles. The summed E-state index contributed by atoms with van der Waals surface area (Å²) in [5, 5.41) is 0. The number of benzene rings is 1.